The Labute approximate surface area is 325 Å². The molecule has 7 aromatic rings. The molecule has 0 bridgehead atoms. The molecule has 2 nitrogen and oxygen atoms in total. The summed E-state index contributed by atoms with van der Waals surface area (Å²) in [6, 6.07) is 58.9. The monoisotopic (exact) mass is 710 g/mol. The predicted octanol–water partition coefficient (Wildman–Crippen LogP) is 12.5. The van der Waals surface area contributed by atoms with Crippen LogP contribution in [0.25, 0.3) is 38.9 Å². The first-order valence-corrected chi connectivity index (χ1v) is 19.9. The third-order valence-corrected chi connectivity index (χ3v) is 12.9. The molecule has 0 radical (unpaired) electrons. The summed E-state index contributed by atoms with van der Waals surface area (Å²) in [5.41, 5.74) is 23.6. The van der Waals surface area contributed by atoms with Crippen LogP contribution in [0.4, 0.5) is 0 Å². The molecule has 3 atom stereocenters. The summed E-state index contributed by atoms with van der Waals surface area (Å²) >= 11 is 0. The van der Waals surface area contributed by atoms with Gasteiger partial charge in [0.05, 0.1) is 16.6 Å². The lowest BCUT2D eigenvalue weighted by Crippen LogP contribution is -2.40. The lowest BCUT2D eigenvalue weighted by Gasteiger charge is -2.38. The molecule has 2 unspecified atom stereocenters. The lowest BCUT2D eigenvalue weighted by molar-refractivity contribution is 0.333. The van der Waals surface area contributed by atoms with E-state index in [2.05, 4.69) is 200 Å². The Balaban J connectivity index is 1.28. The molecule has 0 fully saturated rings. The lowest BCUT2D eigenvalue weighted by atomic mass is 9.64. The van der Waals surface area contributed by atoms with Crippen LogP contribution in [-0.4, -0.2) is 10.6 Å². The van der Waals surface area contributed by atoms with Crippen molar-refractivity contribution in [3.8, 4) is 16.8 Å². The quantitative estimate of drug-likeness (QED) is 0.175. The number of hydrogen-bond donors (Lipinski definition) is 1. The van der Waals surface area contributed by atoms with Crippen LogP contribution in [0.2, 0.25) is 0 Å². The van der Waals surface area contributed by atoms with Crippen LogP contribution in [0.1, 0.15) is 71.7 Å². The summed E-state index contributed by atoms with van der Waals surface area (Å²) in [5.74, 6) is 0.318. The van der Waals surface area contributed by atoms with Crippen molar-refractivity contribution in [2.24, 2.45) is 11.1 Å². The van der Waals surface area contributed by atoms with Crippen LogP contribution < -0.4 is 5.73 Å². The van der Waals surface area contributed by atoms with Crippen molar-refractivity contribution in [1.82, 2.24) is 4.57 Å². The normalized spacial score (nSPS) is 19.9. The Bertz CT molecular complexity index is 2620. The largest absolute Gasteiger partial charge is 0.327 e. The van der Waals surface area contributed by atoms with E-state index < -0.39 is 5.41 Å². The Morgan fingerprint density at radius 3 is 2.11 bits per heavy atom. The summed E-state index contributed by atoms with van der Waals surface area (Å²) in [7, 11) is 0. The van der Waals surface area contributed by atoms with Crippen LogP contribution >= 0.6 is 0 Å². The minimum Gasteiger partial charge on any atom is -0.327 e. The number of fused-ring (bicyclic) bond motifs is 6. The fraction of sp³-hybridized carbons (Fsp3) is 0.170. The van der Waals surface area contributed by atoms with Crippen molar-refractivity contribution in [3.05, 3.63) is 221 Å². The van der Waals surface area contributed by atoms with E-state index in [1.807, 2.05) is 0 Å². The van der Waals surface area contributed by atoms with Gasteiger partial charge in [0.15, 0.2) is 0 Å². The molecule has 1 aromatic heterocycles. The standard InChI is InChI=1S/C53H46N2/c1-36-32-45-43-26-13-14-27-46(43)53(40-21-9-4-10-22-40,41-23-11-5-12-24-41)50(45)51-49(36)44-29-28-39(38-19-7-3-8-20-38)35-47(44)55(51)42-25-17-18-37(33-42)34-48(54)52(2)30-15-6-16-31-52/h3-30,33,35-36,48H,31-32,34,54H2,1-2H3/t36?,48-,52?/m1/s1. The zero-order valence-corrected chi connectivity index (χ0v) is 31.6. The number of aromatic nitrogens is 1. The highest BCUT2D eigenvalue weighted by Gasteiger charge is 2.52. The van der Waals surface area contributed by atoms with Gasteiger partial charge in [-0.1, -0.05) is 178 Å². The number of nitrogens with zero attached hydrogens (tertiary/aromatic N) is 1. The highest BCUT2D eigenvalue weighted by atomic mass is 15.0. The molecule has 10 rings (SSSR count). The van der Waals surface area contributed by atoms with Gasteiger partial charge in [-0.2, -0.15) is 0 Å². The molecule has 0 aliphatic heterocycles. The second-order valence-electron chi connectivity index (χ2n) is 16.2. The summed E-state index contributed by atoms with van der Waals surface area (Å²) in [5, 5.41) is 1.33. The smallest absolute Gasteiger partial charge is 0.0730 e. The minimum absolute atomic E-state index is 0.00794. The second kappa shape index (κ2) is 13.1. The van der Waals surface area contributed by atoms with Gasteiger partial charge in [-0.05, 0) is 99.0 Å². The zero-order valence-electron chi connectivity index (χ0n) is 31.6. The van der Waals surface area contributed by atoms with Crippen molar-refractivity contribution >= 4 is 22.0 Å². The summed E-state index contributed by atoms with van der Waals surface area (Å²) in [6.45, 7) is 4.73. The van der Waals surface area contributed by atoms with Gasteiger partial charge in [0.25, 0.3) is 0 Å². The van der Waals surface area contributed by atoms with Gasteiger partial charge in [0.1, 0.15) is 0 Å². The molecule has 0 spiro atoms. The molecule has 3 aliphatic carbocycles. The highest BCUT2D eigenvalue weighted by molar-refractivity contribution is 6.10. The van der Waals surface area contributed by atoms with Crippen molar-refractivity contribution in [2.75, 3.05) is 0 Å². The molecule has 1 heterocycles. The average Bonchev–Trinajstić information content (AvgIpc) is 3.73. The van der Waals surface area contributed by atoms with E-state index in [1.54, 1.807) is 0 Å². The van der Waals surface area contributed by atoms with Crippen molar-refractivity contribution in [2.45, 2.75) is 50.5 Å². The van der Waals surface area contributed by atoms with E-state index in [1.165, 1.54) is 77.9 Å². The van der Waals surface area contributed by atoms with Crippen LogP contribution in [0.15, 0.2) is 182 Å². The maximum absolute atomic E-state index is 7.07. The van der Waals surface area contributed by atoms with Gasteiger partial charge in [0, 0.05) is 22.5 Å². The number of nitrogens with two attached hydrogens (primary N) is 1. The molecule has 3 aliphatic rings. The molecule has 2 N–H and O–H groups in total. The fourth-order valence-corrected chi connectivity index (χ4v) is 10.1. The molecule has 6 aromatic carbocycles. The van der Waals surface area contributed by atoms with Gasteiger partial charge in [-0.25, -0.2) is 0 Å². The number of rotatable bonds is 7. The van der Waals surface area contributed by atoms with E-state index in [0.717, 1.165) is 19.3 Å². The summed E-state index contributed by atoms with van der Waals surface area (Å²) in [4.78, 5) is 0. The predicted molar refractivity (Wildman–Crippen MR) is 230 cm³/mol. The molecule has 0 amide bonds. The summed E-state index contributed by atoms with van der Waals surface area (Å²) < 4.78 is 2.62. The van der Waals surface area contributed by atoms with Crippen molar-refractivity contribution < 1.29 is 0 Å². The Kier molecular flexibility index (Phi) is 8.01. The van der Waals surface area contributed by atoms with E-state index in [0.29, 0.717) is 5.92 Å². The molecule has 0 saturated carbocycles. The van der Waals surface area contributed by atoms with Gasteiger partial charge in [-0.15, -0.1) is 0 Å². The Hall–Kier alpha value is -5.96. The molecular weight excluding hydrogens is 665 g/mol. The molecule has 268 valence electrons. The van der Waals surface area contributed by atoms with E-state index in [9.17, 15) is 0 Å². The molecule has 55 heavy (non-hydrogen) atoms. The fourth-order valence-electron chi connectivity index (χ4n) is 10.1. The van der Waals surface area contributed by atoms with Crippen molar-refractivity contribution in [3.63, 3.8) is 0 Å². The van der Waals surface area contributed by atoms with Gasteiger partial charge in [-0.3, -0.25) is 0 Å². The summed E-state index contributed by atoms with van der Waals surface area (Å²) in [6.07, 6.45) is 11.6. The SMILES string of the molecule is CC1CC2=C(c3c1c1ccc(-c4ccccc4)cc1n3-c1cccc(C[C@@H](N)C3(C)C=CC=CC3)c1)C(c1ccccc1)(c1ccccc1)c1ccccc12. The van der Waals surface area contributed by atoms with Gasteiger partial charge < -0.3 is 10.3 Å². The average molecular weight is 711 g/mol. The van der Waals surface area contributed by atoms with Crippen LogP contribution in [0.3, 0.4) is 0 Å². The van der Waals surface area contributed by atoms with E-state index in [-0.39, 0.29) is 11.5 Å². The van der Waals surface area contributed by atoms with Crippen LogP contribution in [0.5, 0.6) is 0 Å². The van der Waals surface area contributed by atoms with Gasteiger partial charge in [0.2, 0.25) is 0 Å². The second-order valence-corrected chi connectivity index (χ2v) is 16.2. The topological polar surface area (TPSA) is 30.9 Å². The third kappa shape index (κ3) is 5.19. The van der Waals surface area contributed by atoms with Crippen molar-refractivity contribution in [1.29, 1.82) is 0 Å². The third-order valence-electron chi connectivity index (χ3n) is 12.9. The maximum Gasteiger partial charge on any atom is 0.0730 e. The number of allylic oxidation sites excluding steroid dienone is 5. The minimum atomic E-state index is -0.507. The maximum atomic E-state index is 7.07. The molecule has 2 heteroatoms. The van der Waals surface area contributed by atoms with E-state index >= 15 is 0 Å². The van der Waals surface area contributed by atoms with E-state index in [4.69, 9.17) is 5.73 Å². The molecular formula is C53H46N2. The van der Waals surface area contributed by atoms with Crippen LogP contribution in [0, 0.1) is 5.41 Å². The zero-order chi connectivity index (χ0) is 37.1. The van der Waals surface area contributed by atoms with Crippen LogP contribution in [-0.2, 0) is 11.8 Å². The first-order chi connectivity index (χ1) is 27.0. The first kappa shape index (κ1) is 33.6. The number of benzene rings is 6. The molecule has 0 saturated heterocycles. The Morgan fingerprint density at radius 2 is 1.40 bits per heavy atom. The number of hydrogen-bond acceptors (Lipinski definition) is 1. The highest BCUT2D eigenvalue weighted by Crippen LogP contribution is 2.63. The van der Waals surface area contributed by atoms with Gasteiger partial charge >= 0.3 is 0 Å². The Morgan fingerprint density at radius 1 is 0.709 bits per heavy atom. The first-order valence-electron chi connectivity index (χ1n) is 19.9.